The van der Waals surface area contributed by atoms with E-state index >= 15 is 0 Å². The van der Waals surface area contributed by atoms with Crippen molar-refractivity contribution in [1.82, 2.24) is 5.32 Å². The summed E-state index contributed by atoms with van der Waals surface area (Å²) < 4.78 is 0. The van der Waals surface area contributed by atoms with Crippen molar-refractivity contribution in [2.45, 2.75) is 69.1 Å². The van der Waals surface area contributed by atoms with Crippen LogP contribution in [-0.4, -0.2) is 34.2 Å². The molecule has 4 heteroatoms. The Kier molecular flexibility index (Phi) is 3.76. The first-order chi connectivity index (χ1) is 10.5. The number of thioether (sulfide) groups is 1. The molecule has 0 aromatic carbocycles. The Hall–Kier alpha value is -0.220. The second-order valence-electron chi connectivity index (χ2n) is 8.47. The summed E-state index contributed by atoms with van der Waals surface area (Å²) in [6.07, 6.45) is 9.35. The molecule has 0 heterocycles. The molecule has 0 radical (unpaired) electrons. The lowest BCUT2D eigenvalue weighted by molar-refractivity contribution is -0.148. The van der Waals surface area contributed by atoms with Crippen molar-refractivity contribution < 1.29 is 9.90 Å². The zero-order chi connectivity index (χ0) is 15.4. The third-order valence-corrected chi connectivity index (χ3v) is 8.29. The molecular formula is C18H29NO2S. The maximum absolute atomic E-state index is 12.9. The van der Waals surface area contributed by atoms with E-state index < -0.39 is 5.60 Å². The quantitative estimate of drug-likeness (QED) is 0.818. The van der Waals surface area contributed by atoms with Crippen molar-refractivity contribution in [3.8, 4) is 0 Å². The zero-order valence-corrected chi connectivity index (χ0v) is 14.5. The van der Waals surface area contributed by atoms with Crippen molar-refractivity contribution in [2.24, 2.45) is 23.2 Å². The fraction of sp³-hybridized carbons (Fsp3) is 0.944. The maximum atomic E-state index is 12.9. The van der Waals surface area contributed by atoms with Crippen LogP contribution in [0.15, 0.2) is 0 Å². The lowest BCUT2D eigenvalue weighted by Crippen LogP contribution is -2.60. The van der Waals surface area contributed by atoms with Crippen LogP contribution in [-0.2, 0) is 4.79 Å². The summed E-state index contributed by atoms with van der Waals surface area (Å²) >= 11 is 1.83. The molecule has 5 fully saturated rings. The maximum Gasteiger partial charge on any atom is 0.226 e. The number of hydrogen-bond donors (Lipinski definition) is 2. The molecule has 1 amide bonds. The minimum atomic E-state index is -0.654. The molecule has 0 aliphatic heterocycles. The average Bonchev–Trinajstić information content (AvgIpc) is 2.47. The van der Waals surface area contributed by atoms with Gasteiger partial charge >= 0.3 is 0 Å². The van der Waals surface area contributed by atoms with Crippen molar-refractivity contribution in [2.75, 3.05) is 12.3 Å². The summed E-state index contributed by atoms with van der Waals surface area (Å²) in [6.45, 7) is 2.60. The van der Waals surface area contributed by atoms with Crippen molar-refractivity contribution >= 4 is 17.7 Å². The smallest absolute Gasteiger partial charge is 0.226 e. The third-order valence-electron chi connectivity index (χ3n) is 6.88. The minimum Gasteiger partial charge on any atom is -0.387 e. The highest BCUT2D eigenvalue weighted by Crippen LogP contribution is 2.60. The summed E-state index contributed by atoms with van der Waals surface area (Å²) in [4.78, 5) is 12.9. The average molecular weight is 324 g/mol. The first-order valence-electron chi connectivity index (χ1n) is 9.15. The minimum absolute atomic E-state index is 0.0811. The molecule has 0 aromatic heterocycles. The molecule has 0 aromatic rings. The molecule has 4 bridgehead atoms. The summed E-state index contributed by atoms with van der Waals surface area (Å²) in [7, 11) is 0. The number of nitrogens with one attached hydrogen (secondary N) is 1. The Morgan fingerprint density at radius 2 is 1.77 bits per heavy atom. The van der Waals surface area contributed by atoms with Crippen molar-refractivity contribution in [3.05, 3.63) is 0 Å². The molecule has 22 heavy (non-hydrogen) atoms. The van der Waals surface area contributed by atoms with E-state index in [0.29, 0.717) is 11.8 Å². The van der Waals surface area contributed by atoms with Gasteiger partial charge in [-0.25, -0.2) is 0 Å². The van der Waals surface area contributed by atoms with Crippen LogP contribution < -0.4 is 5.32 Å². The molecule has 0 spiro atoms. The van der Waals surface area contributed by atoms with Crippen LogP contribution in [0.4, 0.5) is 0 Å². The van der Waals surface area contributed by atoms with E-state index in [0.717, 1.165) is 55.6 Å². The first kappa shape index (κ1) is 15.3. The molecule has 5 saturated carbocycles. The van der Waals surface area contributed by atoms with Crippen LogP contribution in [0.2, 0.25) is 0 Å². The van der Waals surface area contributed by atoms with Crippen LogP contribution in [0.1, 0.15) is 58.3 Å². The lowest BCUT2D eigenvalue weighted by Gasteiger charge is -2.56. The number of rotatable bonds is 5. The van der Waals surface area contributed by atoms with Crippen LogP contribution in [0.25, 0.3) is 0 Å². The monoisotopic (exact) mass is 323 g/mol. The number of amides is 1. The largest absolute Gasteiger partial charge is 0.387 e. The Labute approximate surface area is 138 Å². The highest BCUT2D eigenvalue weighted by molar-refractivity contribution is 8.00. The van der Waals surface area contributed by atoms with E-state index in [1.54, 1.807) is 0 Å². The molecule has 3 nitrogen and oxygen atoms in total. The van der Waals surface area contributed by atoms with Crippen molar-refractivity contribution in [1.29, 1.82) is 0 Å². The summed E-state index contributed by atoms with van der Waals surface area (Å²) in [5.74, 6) is 3.69. The molecule has 5 rings (SSSR count). The Morgan fingerprint density at radius 3 is 2.23 bits per heavy atom. The van der Waals surface area contributed by atoms with Gasteiger partial charge in [0, 0.05) is 17.2 Å². The second-order valence-corrected chi connectivity index (χ2v) is 9.95. The van der Waals surface area contributed by atoms with E-state index in [1.807, 2.05) is 11.8 Å². The van der Waals surface area contributed by atoms with Gasteiger partial charge in [0.1, 0.15) is 0 Å². The summed E-state index contributed by atoms with van der Waals surface area (Å²) in [5, 5.41) is 14.2. The molecule has 2 N–H and O–H groups in total. The number of aliphatic hydroxyl groups is 1. The summed E-state index contributed by atoms with van der Waals surface area (Å²) in [5.41, 5.74) is -0.735. The highest BCUT2D eigenvalue weighted by Gasteiger charge is 2.55. The number of carbonyl (C=O) groups excluding carboxylic acids is 1. The van der Waals surface area contributed by atoms with Crippen LogP contribution >= 0.6 is 11.8 Å². The van der Waals surface area contributed by atoms with Gasteiger partial charge in [-0.2, -0.15) is 11.8 Å². The summed E-state index contributed by atoms with van der Waals surface area (Å²) in [6, 6.07) is 0. The predicted octanol–water partition coefficient (Wildman–Crippen LogP) is 2.97. The second kappa shape index (κ2) is 5.41. The molecular weight excluding hydrogens is 294 g/mol. The molecule has 2 unspecified atom stereocenters. The van der Waals surface area contributed by atoms with E-state index in [4.69, 9.17) is 0 Å². The van der Waals surface area contributed by atoms with Gasteiger partial charge in [-0.05, 0) is 74.9 Å². The van der Waals surface area contributed by atoms with Crippen LogP contribution in [0.3, 0.4) is 0 Å². The van der Waals surface area contributed by atoms with Crippen molar-refractivity contribution in [3.63, 3.8) is 0 Å². The fourth-order valence-corrected chi connectivity index (χ4v) is 7.25. The topological polar surface area (TPSA) is 49.3 Å². The zero-order valence-electron chi connectivity index (χ0n) is 13.6. The lowest BCUT2D eigenvalue weighted by atomic mass is 9.49. The normalized spacial score (nSPS) is 49.0. The van der Waals surface area contributed by atoms with Gasteiger partial charge < -0.3 is 10.4 Å². The Balaban J connectivity index is 1.38. The predicted molar refractivity (Wildman–Crippen MR) is 89.7 cm³/mol. The molecule has 5 aliphatic carbocycles. The van der Waals surface area contributed by atoms with Gasteiger partial charge in [0.25, 0.3) is 0 Å². The standard InChI is InChI=1S/C18H29NO2S/c1-2-22-15-3-4-18(15,21)11-19-16(20)17-8-12-5-13(9-17)7-14(6-12)10-17/h12-15,21H,2-11H2,1H3,(H,19,20). The number of hydrogen-bond acceptors (Lipinski definition) is 3. The molecule has 5 aliphatic rings. The van der Waals surface area contributed by atoms with E-state index in [-0.39, 0.29) is 11.3 Å². The molecule has 0 saturated heterocycles. The molecule has 124 valence electrons. The van der Waals surface area contributed by atoms with Gasteiger partial charge in [0.2, 0.25) is 5.91 Å². The fourth-order valence-electron chi connectivity index (χ4n) is 6.05. The first-order valence-corrected chi connectivity index (χ1v) is 10.2. The molecule has 2 atom stereocenters. The highest BCUT2D eigenvalue weighted by atomic mass is 32.2. The number of carbonyl (C=O) groups is 1. The Morgan fingerprint density at radius 1 is 1.18 bits per heavy atom. The van der Waals surface area contributed by atoms with E-state index in [1.165, 1.54) is 19.3 Å². The van der Waals surface area contributed by atoms with Gasteiger partial charge in [0.05, 0.1) is 5.60 Å². The van der Waals surface area contributed by atoms with Crippen LogP contribution in [0, 0.1) is 23.2 Å². The van der Waals surface area contributed by atoms with Gasteiger partial charge in [-0.1, -0.05) is 6.92 Å². The van der Waals surface area contributed by atoms with E-state index in [2.05, 4.69) is 12.2 Å². The van der Waals surface area contributed by atoms with Gasteiger partial charge in [-0.15, -0.1) is 0 Å². The SMILES string of the molecule is CCSC1CCC1(O)CNC(=O)C12CC3CC(CC(C3)C1)C2. The van der Waals surface area contributed by atoms with Crippen LogP contribution in [0.5, 0.6) is 0 Å². The van der Waals surface area contributed by atoms with Gasteiger partial charge in [0.15, 0.2) is 0 Å². The van der Waals surface area contributed by atoms with E-state index in [9.17, 15) is 9.90 Å². The Bertz CT molecular complexity index is 431. The van der Waals surface area contributed by atoms with Gasteiger partial charge in [-0.3, -0.25) is 4.79 Å². The third kappa shape index (κ3) is 2.41.